The maximum Gasteiger partial charge on any atom is 0.573 e. The summed E-state index contributed by atoms with van der Waals surface area (Å²) in [6.07, 6.45) is -1.86. The Morgan fingerprint density at radius 1 is 1.23 bits per heavy atom. The van der Waals surface area contributed by atoms with Crippen LogP contribution in [0.15, 0.2) is 35.2 Å². The number of nitrogens with zero attached hydrogens (tertiary/aromatic N) is 1. The van der Waals surface area contributed by atoms with Crippen LogP contribution in [0, 0.1) is 0 Å². The maximum atomic E-state index is 12.2. The van der Waals surface area contributed by atoms with Crippen molar-refractivity contribution in [3.05, 3.63) is 35.9 Å². The molecule has 0 aliphatic carbocycles. The summed E-state index contributed by atoms with van der Waals surface area (Å²) in [5, 5.41) is 8.95. The van der Waals surface area contributed by atoms with Gasteiger partial charge in [-0.05, 0) is 18.2 Å². The van der Waals surface area contributed by atoms with E-state index in [0.717, 1.165) is 10.4 Å². The molecule has 0 atom stereocenters. The summed E-state index contributed by atoms with van der Waals surface area (Å²) in [6.45, 7) is 0.233. The lowest BCUT2D eigenvalue weighted by Gasteiger charge is -2.17. The molecule has 0 fully saturated rings. The lowest BCUT2D eigenvalue weighted by atomic mass is 10.2. The summed E-state index contributed by atoms with van der Waals surface area (Å²) in [7, 11) is -3.98. The highest BCUT2D eigenvalue weighted by molar-refractivity contribution is 7.89. The van der Waals surface area contributed by atoms with Gasteiger partial charge in [0.25, 0.3) is 0 Å². The molecule has 120 valence electrons. The van der Waals surface area contributed by atoms with Crippen molar-refractivity contribution in [3.8, 4) is 5.75 Å². The van der Waals surface area contributed by atoms with Crippen molar-refractivity contribution in [3.63, 3.8) is 0 Å². The minimum absolute atomic E-state index is 0.117. The van der Waals surface area contributed by atoms with Crippen LogP contribution in [0.1, 0.15) is 10.4 Å². The Morgan fingerprint density at radius 3 is 2.32 bits per heavy atom. The molecule has 0 bridgehead atoms. The predicted octanol–water partition coefficient (Wildman–Crippen LogP) is 1.84. The Bertz CT molecular complexity index is 719. The minimum Gasteiger partial charge on any atom is -0.478 e. The van der Waals surface area contributed by atoms with Gasteiger partial charge in [0.05, 0.1) is 4.90 Å². The average Bonchev–Trinajstić information content (AvgIpc) is 2.91. The van der Waals surface area contributed by atoms with Crippen molar-refractivity contribution < 1.29 is 36.2 Å². The summed E-state index contributed by atoms with van der Waals surface area (Å²) in [5.74, 6) is -2.70. The van der Waals surface area contributed by atoms with Crippen LogP contribution in [-0.2, 0) is 10.0 Å². The van der Waals surface area contributed by atoms with Crippen molar-refractivity contribution in [1.29, 1.82) is 0 Å². The lowest BCUT2D eigenvalue weighted by Crippen LogP contribution is -2.28. The molecule has 0 unspecified atom stereocenters. The van der Waals surface area contributed by atoms with E-state index < -0.39 is 38.6 Å². The minimum atomic E-state index is -5.08. The van der Waals surface area contributed by atoms with E-state index in [2.05, 4.69) is 4.74 Å². The summed E-state index contributed by atoms with van der Waals surface area (Å²) < 4.78 is 65.8. The van der Waals surface area contributed by atoms with Gasteiger partial charge >= 0.3 is 12.3 Å². The van der Waals surface area contributed by atoms with E-state index in [1.54, 1.807) is 12.2 Å². The molecule has 10 heteroatoms. The number of rotatable bonds is 4. The summed E-state index contributed by atoms with van der Waals surface area (Å²) in [4.78, 5) is 10.6. The molecule has 0 amide bonds. The fraction of sp³-hybridized carbons (Fsp3) is 0.250. The molecule has 0 saturated carbocycles. The van der Waals surface area contributed by atoms with Gasteiger partial charge in [-0.1, -0.05) is 12.2 Å². The molecule has 0 saturated heterocycles. The number of carbonyl (C=O) groups is 1. The van der Waals surface area contributed by atoms with E-state index in [9.17, 15) is 26.4 Å². The van der Waals surface area contributed by atoms with Crippen LogP contribution < -0.4 is 4.74 Å². The standard InChI is InChI=1S/C12H10F3NO5S/c13-12(14,15)21-10-4-3-8(7-9(10)11(17)18)22(19,20)16-5-1-2-6-16/h1-4,7H,5-6H2,(H,17,18). The Balaban J connectivity index is 2.43. The van der Waals surface area contributed by atoms with Crippen molar-refractivity contribution in [2.45, 2.75) is 11.3 Å². The molecule has 1 aliphatic rings. The van der Waals surface area contributed by atoms with E-state index in [-0.39, 0.29) is 13.1 Å². The first-order valence-corrected chi connectivity index (χ1v) is 7.33. The second-order valence-corrected chi connectivity index (χ2v) is 6.24. The van der Waals surface area contributed by atoms with Crippen LogP contribution in [0.25, 0.3) is 0 Å². The van der Waals surface area contributed by atoms with E-state index in [0.29, 0.717) is 12.1 Å². The first-order valence-electron chi connectivity index (χ1n) is 5.89. The highest BCUT2D eigenvalue weighted by Crippen LogP contribution is 2.29. The number of halogens is 3. The van der Waals surface area contributed by atoms with Gasteiger partial charge in [0.2, 0.25) is 10.0 Å². The summed E-state index contributed by atoms with van der Waals surface area (Å²) >= 11 is 0. The number of benzene rings is 1. The van der Waals surface area contributed by atoms with Crippen molar-refractivity contribution >= 4 is 16.0 Å². The van der Waals surface area contributed by atoms with Crippen LogP contribution in [0.5, 0.6) is 5.75 Å². The second-order valence-electron chi connectivity index (χ2n) is 4.30. The number of alkyl halides is 3. The van der Waals surface area contributed by atoms with Gasteiger partial charge in [0, 0.05) is 13.1 Å². The number of aromatic carboxylic acids is 1. The van der Waals surface area contributed by atoms with Gasteiger partial charge in [-0.25, -0.2) is 13.2 Å². The van der Waals surface area contributed by atoms with Gasteiger partial charge < -0.3 is 9.84 Å². The van der Waals surface area contributed by atoms with Gasteiger partial charge in [-0.15, -0.1) is 13.2 Å². The zero-order chi connectivity index (χ0) is 16.5. The van der Waals surface area contributed by atoms with Crippen molar-refractivity contribution in [2.75, 3.05) is 13.1 Å². The van der Waals surface area contributed by atoms with Crippen molar-refractivity contribution in [1.82, 2.24) is 4.31 Å². The van der Waals surface area contributed by atoms with Crippen molar-refractivity contribution in [2.24, 2.45) is 0 Å². The zero-order valence-electron chi connectivity index (χ0n) is 10.9. The number of ether oxygens (including phenoxy) is 1. The highest BCUT2D eigenvalue weighted by Gasteiger charge is 2.34. The monoisotopic (exact) mass is 337 g/mol. The lowest BCUT2D eigenvalue weighted by molar-refractivity contribution is -0.274. The van der Waals surface area contributed by atoms with Crippen LogP contribution >= 0.6 is 0 Å². The largest absolute Gasteiger partial charge is 0.573 e. The Kier molecular flexibility index (Phi) is 4.16. The third-order valence-corrected chi connectivity index (χ3v) is 4.66. The Hall–Kier alpha value is -2.07. The molecule has 1 N–H and O–H groups in total. The summed E-state index contributed by atoms with van der Waals surface area (Å²) in [5.41, 5.74) is -0.884. The Morgan fingerprint density at radius 2 is 1.82 bits per heavy atom. The number of hydrogen-bond donors (Lipinski definition) is 1. The molecule has 1 aromatic rings. The fourth-order valence-electron chi connectivity index (χ4n) is 1.85. The topological polar surface area (TPSA) is 83.9 Å². The fourth-order valence-corrected chi connectivity index (χ4v) is 3.22. The summed E-state index contributed by atoms with van der Waals surface area (Å²) in [6, 6.07) is 2.20. The number of sulfonamides is 1. The molecule has 1 aromatic carbocycles. The smallest absolute Gasteiger partial charge is 0.478 e. The van der Waals surface area contributed by atoms with Gasteiger partial charge in [0.15, 0.2) is 0 Å². The van der Waals surface area contributed by atoms with Gasteiger partial charge in [-0.3, -0.25) is 0 Å². The normalized spacial score (nSPS) is 16.0. The van der Waals surface area contributed by atoms with Gasteiger partial charge in [0.1, 0.15) is 11.3 Å². The number of hydrogen-bond acceptors (Lipinski definition) is 4. The number of carboxylic acids is 1. The average molecular weight is 337 g/mol. The van der Waals surface area contributed by atoms with Crippen LogP contribution in [0.3, 0.4) is 0 Å². The quantitative estimate of drug-likeness (QED) is 0.848. The molecular formula is C12H10F3NO5S. The predicted molar refractivity (Wildman–Crippen MR) is 68.0 cm³/mol. The Labute approximate surface area is 123 Å². The first kappa shape index (κ1) is 16.3. The first-order chi connectivity index (χ1) is 10.1. The van der Waals surface area contributed by atoms with E-state index in [1.807, 2.05) is 0 Å². The molecule has 0 aromatic heterocycles. The van der Waals surface area contributed by atoms with E-state index in [4.69, 9.17) is 5.11 Å². The molecule has 2 rings (SSSR count). The molecular weight excluding hydrogens is 327 g/mol. The SMILES string of the molecule is O=C(O)c1cc(S(=O)(=O)N2CC=CC2)ccc1OC(F)(F)F. The van der Waals surface area contributed by atoms with Crippen LogP contribution in [0.4, 0.5) is 13.2 Å². The molecule has 22 heavy (non-hydrogen) atoms. The second kappa shape index (κ2) is 5.61. The van der Waals surface area contributed by atoms with E-state index >= 15 is 0 Å². The van der Waals surface area contributed by atoms with Gasteiger partial charge in [-0.2, -0.15) is 4.31 Å². The molecule has 6 nitrogen and oxygen atoms in total. The van der Waals surface area contributed by atoms with E-state index in [1.165, 1.54) is 0 Å². The highest BCUT2D eigenvalue weighted by atomic mass is 32.2. The molecule has 0 spiro atoms. The molecule has 1 aliphatic heterocycles. The molecule has 1 heterocycles. The molecule has 0 radical (unpaired) electrons. The maximum absolute atomic E-state index is 12.2. The number of carboxylic acid groups (broad SMARTS) is 1. The van der Waals surface area contributed by atoms with Crippen LogP contribution in [-0.4, -0.2) is 43.3 Å². The third-order valence-electron chi connectivity index (χ3n) is 2.83. The zero-order valence-corrected chi connectivity index (χ0v) is 11.7. The van der Waals surface area contributed by atoms with Crippen LogP contribution in [0.2, 0.25) is 0 Å². The third kappa shape index (κ3) is 3.39.